The van der Waals surface area contributed by atoms with E-state index in [1.165, 1.54) is 11.6 Å². The number of hydrogen-bond acceptors (Lipinski definition) is 4. The van der Waals surface area contributed by atoms with E-state index in [0.29, 0.717) is 12.0 Å². The van der Waals surface area contributed by atoms with Gasteiger partial charge < -0.3 is 14.9 Å². The van der Waals surface area contributed by atoms with E-state index in [2.05, 4.69) is 13.5 Å². The zero-order valence-corrected chi connectivity index (χ0v) is 15.1. The summed E-state index contributed by atoms with van der Waals surface area (Å²) >= 11 is 0. The summed E-state index contributed by atoms with van der Waals surface area (Å²) in [5.74, 6) is -0.857. The van der Waals surface area contributed by atoms with Gasteiger partial charge in [0.1, 0.15) is 0 Å². The van der Waals surface area contributed by atoms with Crippen LogP contribution in [-0.4, -0.2) is 28.4 Å². The Bertz CT molecular complexity index is 636. The number of ether oxygens (including phenoxy) is 1. The lowest BCUT2D eigenvalue weighted by Gasteiger charge is -2.57. The Morgan fingerprint density at radius 1 is 1.40 bits per heavy atom. The van der Waals surface area contributed by atoms with Gasteiger partial charge in [-0.25, -0.2) is 4.79 Å². The smallest absolute Gasteiger partial charge is 0.333 e. The van der Waals surface area contributed by atoms with Crippen molar-refractivity contribution in [3.8, 4) is 0 Å². The number of rotatable bonds is 4. The molecule has 1 aliphatic heterocycles. The third-order valence-corrected chi connectivity index (χ3v) is 7.08. The highest BCUT2D eigenvalue weighted by Crippen LogP contribution is 2.62. The number of carboxylic acids is 1. The summed E-state index contributed by atoms with van der Waals surface area (Å²) in [6, 6.07) is 0. The second kappa shape index (κ2) is 6.27. The Balaban J connectivity index is 1.83. The zero-order chi connectivity index (χ0) is 18.4. The standard InChI is InChI=1S/C20H28O5/c1-12-5-8-15-19(2,9-4-10-20(15,3)18(23)24)14(12)7-6-13-11-16(21)25-17(13)22/h11,14-15,17,22H,1,4-10H2,2-3H3,(H,23,24)/t14-,15+,17?,19+,20+/m1/s1. The van der Waals surface area contributed by atoms with Gasteiger partial charge in [-0.3, -0.25) is 4.79 Å². The lowest BCUT2D eigenvalue weighted by Crippen LogP contribution is -2.53. The number of carboxylic acid groups (broad SMARTS) is 1. The number of cyclic esters (lactones) is 1. The molecule has 3 rings (SSSR count). The Kier molecular flexibility index (Phi) is 4.56. The minimum atomic E-state index is -1.14. The van der Waals surface area contributed by atoms with Crippen LogP contribution in [0.15, 0.2) is 23.8 Å². The molecule has 0 saturated heterocycles. The van der Waals surface area contributed by atoms with Gasteiger partial charge in [-0.2, -0.15) is 0 Å². The fourth-order valence-corrected chi connectivity index (χ4v) is 5.69. The van der Waals surface area contributed by atoms with E-state index in [1.807, 2.05) is 6.92 Å². The predicted molar refractivity (Wildman–Crippen MR) is 92.5 cm³/mol. The van der Waals surface area contributed by atoms with Crippen LogP contribution in [0.5, 0.6) is 0 Å². The van der Waals surface area contributed by atoms with E-state index in [9.17, 15) is 19.8 Å². The topological polar surface area (TPSA) is 83.8 Å². The molecule has 2 saturated carbocycles. The first-order valence-corrected chi connectivity index (χ1v) is 9.18. The number of esters is 1. The van der Waals surface area contributed by atoms with Crippen LogP contribution in [0.25, 0.3) is 0 Å². The molecule has 1 unspecified atom stereocenters. The maximum Gasteiger partial charge on any atom is 0.333 e. The highest BCUT2D eigenvalue weighted by Gasteiger charge is 2.57. The van der Waals surface area contributed by atoms with Crippen LogP contribution < -0.4 is 0 Å². The molecule has 1 heterocycles. The van der Waals surface area contributed by atoms with Crippen LogP contribution in [0.1, 0.15) is 58.8 Å². The maximum absolute atomic E-state index is 12.0. The highest BCUT2D eigenvalue weighted by molar-refractivity contribution is 5.85. The van der Waals surface area contributed by atoms with Gasteiger partial charge in [0.2, 0.25) is 6.29 Å². The molecule has 0 radical (unpaired) electrons. The predicted octanol–water partition coefficient (Wildman–Crippen LogP) is 3.43. The molecule has 5 nitrogen and oxygen atoms in total. The van der Waals surface area contributed by atoms with Crippen molar-refractivity contribution in [2.45, 2.75) is 65.1 Å². The van der Waals surface area contributed by atoms with Gasteiger partial charge in [-0.1, -0.05) is 25.5 Å². The molecular weight excluding hydrogens is 320 g/mol. The van der Waals surface area contributed by atoms with Crippen LogP contribution in [0.2, 0.25) is 0 Å². The molecule has 2 N–H and O–H groups in total. The maximum atomic E-state index is 12.0. The first-order chi connectivity index (χ1) is 11.7. The van der Waals surface area contributed by atoms with Crippen molar-refractivity contribution >= 4 is 11.9 Å². The number of fused-ring (bicyclic) bond motifs is 1. The summed E-state index contributed by atoms with van der Waals surface area (Å²) in [6.07, 6.45) is 5.94. The minimum Gasteiger partial charge on any atom is -0.481 e. The van der Waals surface area contributed by atoms with Crippen molar-refractivity contribution in [3.63, 3.8) is 0 Å². The van der Waals surface area contributed by atoms with Gasteiger partial charge in [-0.05, 0) is 62.7 Å². The molecule has 0 aromatic heterocycles. The molecule has 0 aromatic rings. The molecule has 138 valence electrons. The summed E-state index contributed by atoms with van der Waals surface area (Å²) in [5.41, 5.74) is 1.00. The number of aliphatic carboxylic acids is 1. The zero-order valence-electron chi connectivity index (χ0n) is 15.1. The van der Waals surface area contributed by atoms with Crippen molar-refractivity contribution in [3.05, 3.63) is 23.8 Å². The Hall–Kier alpha value is -1.62. The molecular formula is C20H28O5. The third kappa shape index (κ3) is 2.92. The number of allylic oxidation sites excluding steroid dienone is 1. The molecule has 5 heteroatoms. The largest absolute Gasteiger partial charge is 0.481 e. The second-order valence-corrected chi connectivity index (χ2v) is 8.43. The van der Waals surface area contributed by atoms with E-state index in [0.717, 1.165) is 38.5 Å². The molecule has 2 aliphatic carbocycles. The third-order valence-electron chi connectivity index (χ3n) is 7.08. The Labute approximate surface area is 148 Å². The van der Waals surface area contributed by atoms with Crippen molar-refractivity contribution in [1.29, 1.82) is 0 Å². The fraction of sp³-hybridized carbons (Fsp3) is 0.700. The normalized spacial score (nSPS) is 41.1. The van der Waals surface area contributed by atoms with Gasteiger partial charge in [0.15, 0.2) is 0 Å². The first kappa shape index (κ1) is 18.2. The summed E-state index contributed by atoms with van der Waals surface area (Å²) in [6.45, 7) is 8.39. The fourth-order valence-electron chi connectivity index (χ4n) is 5.69. The Morgan fingerprint density at radius 2 is 2.12 bits per heavy atom. The number of hydrogen-bond donors (Lipinski definition) is 2. The van der Waals surface area contributed by atoms with Gasteiger partial charge >= 0.3 is 11.9 Å². The van der Waals surface area contributed by atoms with Crippen LogP contribution >= 0.6 is 0 Å². The van der Waals surface area contributed by atoms with Crippen molar-refractivity contribution in [2.75, 3.05) is 0 Å². The van der Waals surface area contributed by atoms with Crippen molar-refractivity contribution in [1.82, 2.24) is 0 Å². The SMILES string of the molecule is C=C1CC[C@H]2[C@@](C)(CCC[C@]2(C)C(=O)O)[C@@H]1CCC1=CC(=O)OC1O. The van der Waals surface area contributed by atoms with Crippen LogP contribution in [-0.2, 0) is 14.3 Å². The van der Waals surface area contributed by atoms with Crippen molar-refractivity contribution < 1.29 is 24.5 Å². The molecule has 5 atom stereocenters. The van der Waals surface area contributed by atoms with Crippen LogP contribution in [0.3, 0.4) is 0 Å². The molecule has 0 bridgehead atoms. The molecule has 2 fully saturated rings. The van der Waals surface area contributed by atoms with E-state index < -0.39 is 23.6 Å². The quantitative estimate of drug-likeness (QED) is 0.601. The number of carbonyl (C=O) groups is 2. The summed E-state index contributed by atoms with van der Waals surface area (Å²) in [7, 11) is 0. The van der Waals surface area contributed by atoms with E-state index in [1.54, 1.807) is 0 Å². The van der Waals surface area contributed by atoms with Crippen molar-refractivity contribution in [2.24, 2.45) is 22.7 Å². The Morgan fingerprint density at radius 3 is 2.72 bits per heavy atom. The molecule has 25 heavy (non-hydrogen) atoms. The minimum absolute atomic E-state index is 0.101. The van der Waals surface area contributed by atoms with E-state index >= 15 is 0 Å². The monoisotopic (exact) mass is 348 g/mol. The highest BCUT2D eigenvalue weighted by atomic mass is 16.6. The summed E-state index contributed by atoms with van der Waals surface area (Å²) in [5, 5.41) is 19.6. The van der Waals surface area contributed by atoms with E-state index in [-0.39, 0.29) is 17.3 Å². The molecule has 0 aromatic carbocycles. The first-order valence-electron chi connectivity index (χ1n) is 9.18. The number of carbonyl (C=O) groups excluding carboxylic acids is 1. The summed E-state index contributed by atoms with van der Waals surface area (Å²) in [4.78, 5) is 23.3. The lowest BCUT2D eigenvalue weighted by molar-refractivity contribution is -0.164. The molecule has 0 spiro atoms. The van der Waals surface area contributed by atoms with Crippen LogP contribution in [0.4, 0.5) is 0 Å². The average Bonchev–Trinajstić information content (AvgIpc) is 2.84. The number of aliphatic hydroxyl groups is 1. The lowest BCUT2D eigenvalue weighted by atomic mass is 9.46. The number of aliphatic hydroxyl groups excluding tert-OH is 1. The summed E-state index contributed by atoms with van der Waals surface area (Å²) < 4.78 is 4.76. The van der Waals surface area contributed by atoms with E-state index in [4.69, 9.17) is 4.74 Å². The average molecular weight is 348 g/mol. The van der Waals surface area contributed by atoms with Gasteiger partial charge in [-0.15, -0.1) is 0 Å². The second-order valence-electron chi connectivity index (χ2n) is 8.43. The van der Waals surface area contributed by atoms with Gasteiger partial charge in [0, 0.05) is 11.6 Å². The molecule has 0 amide bonds. The van der Waals surface area contributed by atoms with Gasteiger partial charge in [0.05, 0.1) is 5.41 Å². The van der Waals surface area contributed by atoms with Gasteiger partial charge in [0.25, 0.3) is 0 Å². The van der Waals surface area contributed by atoms with Crippen LogP contribution in [0, 0.1) is 22.7 Å². The molecule has 3 aliphatic rings.